The molecule has 2 nitrogen and oxygen atoms in total. The Balaban J connectivity index is 0.994. The molecule has 0 radical (unpaired) electrons. The van der Waals surface area contributed by atoms with Crippen molar-refractivity contribution in [1.29, 1.82) is 0 Å². The predicted molar refractivity (Wildman–Crippen MR) is 146 cm³/mol. The molecule has 0 amide bonds. The fourth-order valence-electron chi connectivity index (χ4n) is 4.36. The number of thiophene rings is 3. The van der Waals surface area contributed by atoms with E-state index >= 15 is 0 Å². The van der Waals surface area contributed by atoms with Gasteiger partial charge in [-0.25, -0.2) is 0 Å². The van der Waals surface area contributed by atoms with Crippen LogP contribution in [-0.2, 0) is 15.9 Å². The van der Waals surface area contributed by atoms with Crippen LogP contribution in [0.3, 0.4) is 0 Å². The minimum absolute atomic E-state index is 0.0828. The fourth-order valence-corrected chi connectivity index (χ4v) is 7.34. The zero-order valence-electron chi connectivity index (χ0n) is 19.8. The van der Waals surface area contributed by atoms with Gasteiger partial charge in [0.05, 0.1) is 0 Å². The van der Waals surface area contributed by atoms with E-state index in [1.807, 2.05) is 34.0 Å². The van der Waals surface area contributed by atoms with Gasteiger partial charge >= 0.3 is 0 Å². The van der Waals surface area contributed by atoms with Crippen LogP contribution < -0.4 is 0 Å². The molecule has 0 spiro atoms. The molecule has 1 atom stereocenters. The average Bonchev–Trinajstić information content (AvgIpc) is 3.61. The largest absolute Gasteiger partial charge is 0.353 e. The summed E-state index contributed by atoms with van der Waals surface area (Å²) in [4.78, 5) is 7.13. The van der Waals surface area contributed by atoms with Gasteiger partial charge in [0.15, 0.2) is 6.29 Å². The van der Waals surface area contributed by atoms with Crippen LogP contribution in [0.5, 0.6) is 0 Å². The third-order valence-electron chi connectivity index (χ3n) is 6.28. The van der Waals surface area contributed by atoms with Crippen LogP contribution in [-0.4, -0.2) is 19.5 Å². The molecule has 1 saturated heterocycles. The van der Waals surface area contributed by atoms with Crippen molar-refractivity contribution < 1.29 is 9.47 Å². The third kappa shape index (κ3) is 8.63. The molecule has 4 rings (SSSR count). The molecule has 0 saturated carbocycles. The summed E-state index contributed by atoms with van der Waals surface area (Å²) in [7, 11) is 0. The molecule has 1 aliphatic heterocycles. The van der Waals surface area contributed by atoms with Gasteiger partial charge in [-0.1, -0.05) is 51.0 Å². The number of hydrogen-bond donors (Lipinski definition) is 0. The lowest BCUT2D eigenvalue weighted by Gasteiger charge is -2.22. The molecule has 0 aromatic carbocycles. The molecule has 4 heterocycles. The number of ether oxygens (including phenoxy) is 2. The molecule has 3 aromatic rings. The van der Waals surface area contributed by atoms with Gasteiger partial charge in [-0.3, -0.25) is 0 Å². The SMILES string of the molecule is c1csc(-c2ccc(-c3ccc(CCCCCCCCCCCOC4CCCCO4)s3)s2)c1. The highest BCUT2D eigenvalue weighted by Crippen LogP contribution is 2.39. The topological polar surface area (TPSA) is 18.5 Å². The van der Waals surface area contributed by atoms with Crippen LogP contribution in [0.2, 0.25) is 0 Å². The zero-order chi connectivity index (χ0) is 22.6. The summed E-state index contributed by atoms with van der Waals surface area (Å²) >= 11 is 5.72. The van der Waals surface area contributed by atoms with E-state index in [0.717, 1.165) is 19.6 Å². The first kappa shape index (κ1) is 25.1. The van der Waals surface area contributed by atoms with Crippen molar-refractivity contribution in [3.05, 3.63) is 46.7 Å². The molecule has 1 aliphatic rings. The lowest BCUT2D eigenvalue weighted by atomic mass is 10.1. The van der Waals surface area contributed by atoms with E-state index in [9.17, 15) is 0 Å². The summed E-state index contributed by atoms with van der Waals surface area (Å²) in [5.41, 5.74) is 0. The van der Waals surface area contributed by atoms with E-state index in [1.54, 1.807) is 0 Å². The van der Waals surface area contributed by atoms with Crippen molar-refractivity contribution in [3.8, 4) is 19.5 Å². The van der Waals surface area contributed by atoms with Gasteiger partial charge in [0.25, 0.3) is 0 Å². The Morgan fingerprint density at radius 1 is 0.727 bits per heavy atom. The third-order valence-corrected chi connectivity index (χ3v) is 9.78. The summed E-state index contributed by atoms with van der Waals surface area (Å²) in [6, 6.07) is 13.6. The van der Waals surface area contributed by atoms with Gasteiger partial charge in [0.2, 0.25) is 0 Å². The maximum absolute atomic E-state index is 5.81. The lowest BCUT2D eigenvalue weighted by molar-refractivity contribution is -0.162. The van der Waals surface area contributed by atoms with E-state index in [-0.39, 0.29) is 6.29 Å². The summed E-state index contributed by atoms with van der Waals surface area (Å²) < 4.78 is 11.4. The number of aryl methyl sites for hydroxylation is 1. The Morgan fingerprint density at radius 2 is 1.42 bits per heavy atom. The van der Waals surface area contributed by atoms with Gasteiger partial charge in [-0.15, -0.1) is 34.0 Å². The quantitative estimate of drug-likeness (QED) is 0.193. The van der Waals surface area contributed by atoms with Crippen LogP contribution in [0.15, 0.2) is 41.8 Å². The minimum Gasteiger partial charge on any atom is -0.353 e. The Kier molecular flexibility index (Phi) is 11.0. The van der Waals surface area contributed by atoms with Crippen LogP contribution in [0.25, 0.3) is 19.5 Å². The second-order valence-corrected chi connectivity index (χ2v) is 12.2. The van der Waals surface area contributed by atoms with Gasteiger partial charge < -0.3 is 9.47 Å². The fraction of sp³-hybridized carbons (Fsp3) is 0.571. The van der Waals surface area contributed by atoms with Gasteiger partial charge in [-0.05, 0) is 74.2 Å². The highest BCUT2D eigenvalue weighted by Gasteiger charge is 2.13. The molecule has 3 aromatic heterocycles. The maximum atomic E-state index is 5.81. The van der Waals surface area contributed by atoms with Crippen LogP contribution in [0.4, 0.5) is 0 Å². The summed E-state index contributed by atoms with van der Waals surface area (Å²) in [5, 5.41) is 2.16. The van der Waals surface area contributed by atoms with E-state index < -0.39 is 0 Å². The zero-order valence-corrected chi connectivity index (χ0v) is 22.2. The van der Waals surface area contributed by atoms with Gasteiger partial charge in [0, 0.05) is 37.6 Å². The first-order chi connectivity index (χ1) is 16.4. The highest BCUT2D eigenvalue weighted by atomic mass is 32.1. The Hall–Kier alpha value is -0.980. The smallest absolute Gasteiger partial charge is 0.157 e. The van der Waals surface area contributed by atoms with Crippen molar-refractivity contribution in [1.82, 2.24) is 0 Å². The Bertz CT molecular complexity index is 890. The number of unbranched alkanes of at least 4 members (excludes halogenated alkanes) is 8. The maximum Gasteiger partial charge on any atom is 0.157 e. The molecule has 33 heavy (non-hydrogen) atoms. The standard InChI is InChI=1S/C28H38O2S3/c1(3-5-7-10-20-29-28-15-9-11-21-30-28)2-4-6-8-13-23-16-17-26(32-23)27-19-18-25(33-27)24-14-12-22-31-24/h12,14,16-19,22,28H,1-11,13,15,20-21H2. The molecular weight excluding hydrogens is 465 g/mol. The second-order valence-electron chi connectivity index (χ2n) is 9.01. The first-order valence-electron chi connectivity index (χ1n) is 12.8. The number of rotatable bonds is 15. The average molecular weight is 503 g/mol. The first-order valence-corrected chi connectivity index (χ1v) is 15.4. The molecule has 1 unspecified atom stereocenters. The number of hydrogen-bond acceptors (Lipinski definition) is 5. The Labute approximate surface area is 212 Å². The van der Waals surface area contributed by atoms with Crippen LogP contribution in [0.1, 0.15) is 81.9 Å². The van der Waals surface area contributed by atoms with Crippen molar-refractivity contribution in [2.45, 2.75) is 89.8 Å². The minimum atomic E-state index is 0.0828. The van der Waals surface area contributed by atoms with Crippen molar-refractivity contribution >= 4 is 34.0 Å². The monoisotopic (exact) mass is 502 g/mol. The van der Waals surface area contributed by atoms with Crippen molar-refractivity contribution in [2.75, 3.05) is 13.2 Å². The van der Waals surface area contributed by atoms with Crippen molar-refractivity contribution in [3.63, 3.8) is 0 Å². The van der Waals surface area contributed by atoms with E-state index in [4.69, 9.17) is 9.47 Å². The molecule has 0 aliphatic carbocycles. The molecule has 180 valence electrons. The van der Waals surface area contributed by atoms with E-state index in [2.05, 4.69) is 41.8 Å². The second kappa shape index (κ2) is 14.4. The van der Waals surface area contributed by atoms with Gasteiger partial charge in [-0.2, -0.15) is 0 Å². The van der Waals surface area contributed by atoms with Crippen LogP contribution in [0, 0.1) is 0 Å². The van der Waals surface area contributed by atoms with E-state index in [1.165, 1.54) is 101 Å². The normalized spacial score (nSPS) is 16.4. The lowest BCUT2D eigenvalue weighted by Crippen LogP contribution is -2.22. The summed E-state index contributed by atoms with van der Waals surface area (Å²) in [5.74, 6) is 0. The summed E-state index contributed by atoms with van der Waals surface area (Å²) in [6.07, 6.45) is 16.9. The van der Waals surface area contributed by atoms with E-state index in [0.29, 0.717) is 0 Å². The summed E-state index contributed by atoms with van der Waals surface area (Å²) in [6.45, 7) is 1.75. The molecular formula is C28H38O2S3. The predicted octanol–water partition coefficient (Wildman–Crippen LogP) is 9.80. The highest BCUT2D eigenvalue weighted by molar-refractivity contribution is 7.26. The Morgan fingerprint density at radius 3 is 2.15 bits per heavy atom. The molecule has 5 heteroatoms. The molecule has 0 bridgehead atoms. The van der Waals surface area contributed by atoms with Crippen LogP contribution >= 0.6 is 34.0 Å². The van der Waals surface area contributed by atoms with Crippen molar-refractivity contribution in [2.24, 2.45) is 0 Å². The molecule has 1 fully saturated rings. The molecule has 0 N–H and O–H groups in total. The van der Waals surface area contributed by atoms with Gasteiger partial charge in [0.1, 0.15) is 0 Å².